The van der Waals surface area contributed by atoms with E-state index < -0.39 is 26.5 Å². The van der Waals surface area contributed by atoms with Crippen molar-refractivity contribution in [3.05, 3.63) is 182 Å². The van der Waals surface area contributed by atoms with Crippen molar-refractivity contribution in [3.8, 4) is 0 Å². The molecule has 0 fully saturated rings. The summed E-state index contributed by atoms with van der Waals surface area (Å²) in [6.07, 6.45) is 126. The normalized spacial score (nSPS) is 13.9. The van der Waals surface area contributed by atoms with E-state index in [-0.39, 0.29) is 32.0 Å². The fourth-order valence-corrected chi connectivity index (χ4v) is 12.2. The lowest BCUT2D eigenvalue weighted by molar-refractivity contribution is -0.870. The maximum absolute atomic E-state index is 12.9. The second kappa shape index (κ2) is 82.2. The fourth-order valence-electron chi connectivity index (χ4n) is 11.5. The first kappa shape index (κ1) is 99.1. The van der Waals surface area contributed by atoms with Gasteiger partial charge in [0.05, 0.1) is 27.7 Å². The third-order valence-electron chi connectivity index (χ3n) is 17.9. The van der Waals surface area contributed by atoms with Crippen LogP contribution >= 0.6 is 7.82 Å². The summed E-state index contributed by atoms with van der Waals surface area (Å²) in [5, 5.41) is 0. The topological polar surface area (TPSA) is 108 Å². The zero-order valence-corrected chi connectivity index (χ0v) is 68.6. The van der Waals surface area contributed by atoms with Crippen LogP contribution < -0.4 is 0 Å². The van der Waals surface area contributed by atoms with Gasteiger partial charge in [-0.25, -0.2) is 4.57 Å². The van der Waals surface area contributed by atoms with Crippen molar-refractivity contribution >= 4 is 19.8 Å². The highest BCUT2D eigenvalue weighted by Gasteiger charge is 2.27. The summed E-state index contributed by atoms with van der Waals surface area (Å²) < 4.78 is 34.8. The first-order chi connectivity index (χ1) is 51.0. The smallest absolute Gasteiger partial charge is 0.462 e. The van der Waals surface area contributed by atoms with Crippen molar-refractivity contribution in [2.24, 2.45) is 0 Å². The molecular weight excluding hydrogens is 1300 g/mol. The maximum atomic E-state index is 12.9. The first-order valence-electron chi connectivity index (χ1n) is 42.5. The van der Waals surface area contributed by atoms with E-state index in [1.54, 1.807) is 0 Å². The van der Waals surface area contributed by atoms with Crippen LogP contribution in [0.5, 0.6) is 0 Å². The van der Waals surface area contributed by atoms with Gasteiger partial charge in [-0.2, -0.15) is 0 Å². The summed E-state index contributed by atoms with van der Waals surface area (Å²) in [6.45, 7) is 4.29. The van der Waals surface area contributed by atoms with Crippen LogP contribution in [0.15, 0.2) is 182 Å². The quantitative estimate of drug-likeness (QED) is 0.0211. The largest absolute Gasteiger partial charge is 0.472 e. The van der Waals surface area contributed by atoms with Gasteiger partial charge in [-0.3, -0.25) is 18.6 Å². The number of quaternary nitrogens is 1. The molecule has 0 bridgehead atoms. The number of unbranched alkanes of at least 4 members (excludes halogenated alkanes) is 33. The third kappa shape index (κ3) is 86.0. The van der Waals surface area contributed by atoms with Gasteiger partial charge in [-0.15, -0.1) is 0 Å². The number of allylic oxidation sites excluding steroid dienone is 30. The Morgan fingerprint density at radius 2 is 0.548 bits per heavy atom. The highest BCUT2D eigenvalue weighted by molar-refractivity contribution is 7.47. The van der Waals surface area contributed by atoms with E-state index in [1.165, 1.54) is 180 Å². The number of likely N-dealkylation sites (N-methyl/N-ethyl adjacent to an activating group) is 1. The van der Waals surface area contributed by atoms with Crippen LogP contribution in [0.4, 0.5) is 0 Å². The minimum absolute atomic E-state index is 0.0190. The van der Waals surface area contributed by atoms with E-state index in [0.717, 1.165) is 135 Å². The Bertz CT molecular complexity index is 2420. The average Bonchev–Trinajstić information content (AvgIpc) is 0.920. The summed E-state index contributed by atoms with van der Waals surface area (Å²) in [4.78, 5) is 36.0. The standard InChI is InChI=1S/C94H158NO8P/c1-6-8-10-12-14-16-18-20-22-24-26-28-30-32-34-36-38-40-42-44-46-47-49-51-53-55-57-59-61-63-65-67-69-71-73-75-77-79-81-83-85-87-94(97)103-92(91-102-104(98,99)101-89-88-95(3,4)5)90-100-93(96)86-84-82-80-78-76-74-72-70-68-66-64-62-60-58-56-54-52-50-48-45-43-41-39-37-35-33-31-29-27-25-23-21-19-17-15-13-11-9-7-2/h8,10,14,16,19-22,25-28,31-34,38,40,44,46,49,51,55,57,61,63,67,69,73,75,92H,6-7,9,11-13,15,17-18,23-24,29-30,35-37,39,41-43,45,47-48,50,52-54,56,58-60,62,64-66,68,70-72,74,76-91H2,1-5H3/p+1/b10-8-,16-14-,21-19-,22-20-,27-25-,28-26-,33-31-,34-32-,40-38-,46-44-,51-49-,57-55-,63-61-,69-67-,75-73-. The Balaban J connectivity index is 4.05. The Morgan fingerprint density at radius 1 is 0.308 bits per heavy atom. The second-order valence-corrected chi connectivity index (χ2v) is 30.6. The Kier molecular flexibility index (Phi) is 78.3. The molecule has 0 spiro atoms. The first-order valence-corrected chi connectivity index (χ1v) is 44.0. The van der Waals surface area contributed by atoms with Gasteiger partial charge in [0.1, 0.15) is 19.8 Å². The van der Waals surface area contributed by atoms with Crippen LogP contribution in [0.3, 0.4) is 0 Å². The van der Waals surface area contributed by atoms with E-state index >= 15 is 0 Å². The molecule has 0 amide bonds. The number of esters is 2. The van der Waals surface area contributed by atoms with Crippen molar-refractivity contribution in [2.45, 2.75) is 354 Å². The van der Waals surface area contributed by atoms with Gasteiger partial charge in [0, 0.05) is 12.8 Å². The number of rotatable bonds is 77. The lowest BCUT2D eigenvalue weighted by Crippen LogP contribution is -2.37. The van der Waals surface area contributed by atoms with Gasteiger partial charge in [0.15, 0.2) is 6.10 Å². The van der Waals surface area contributed by atoms with E-state index in [4.69, 9.17) is 18.5 Å². The van der Waals surface area contributed by atoms with Gasteiger partial charge in [0.25, 0.3) is 0 Å². The monoisotopic (exact) mass is 1460 g/mol. The van der Waals surface area contributed by atoms with Gasteiger partial charge in [-0.05, 0) is 141 Å². The van der Waals surface area contributed by atoms with Crippen LogP contribution in [0.2, 0.25) is 0 Å². The molecule has 0 saturated carbocycles. The molecule has 592 valence electrons. The molecule has 0 aliphatic carbocycles. The minimum atomic E-state index is -4.42. The third-order valence-corrected chi connectivity index (χ3v) is 18.9. The highest BCUT2D eigenvalue weighted by Crippen LogP contribution is 2.43. The van der Waals surface area contributed by atoms with E-state index in [0.29, 0.717) is 17.4 Å². The molecule has 0 radical (unpaired) electrons. The zero-order valence-electron chi connectivity index (χ0n) is 67.7. The number of phosphoric acid groups is 1. The minimum Gasteiger partial charge on any atom is -0.462 e. The molecule has 2 atom stereocenters. The van der Waals surface area contributed by atoms with Gasteiger partial charge >= 0.3 is 19.8 Å². The number of phosphoric ester groups is 1. The van der Waals surface area contributed by atoms with Crippen molar-refractivity contribution in [2.75, 3.05) is 47.5 Å². The predicted molar refractivity (Wildman–Crippen MR) is 454 cm³/mol. The van der Waals surface area contributed by atoms with Crippen molar-refractivity contribution in [1.82, 2.24) is 0 Å². The highest BCUT2D eigenvalue weighted by atomic mass is 31.2. The van der Waals surface area contributed by atoms with Gasteiger partial charge < -0.3 is 18.9 Å². The molecule has 0 aromatic rings. The summed E-state index contributed by atoms with van der Waals surface area (Å²) in [5.41, 5.74) is 0. The van der Waals surface area contributed by atoms with Crippen LogP contribution in [0.1, 0.15) is 348 Å². The molecular formula is C94H159NO8P+. The lowest BCUT2D eigenvalue weighted by atomic mass is 10.0. The molecule has 9 nitrogen and oxygen atoms in total. The number of ether oxygens (including phenoxy) is 2. The second-order valence-electron chi connectivity index (χ2n) is 29.1. The summed E-state index contributed by atoms with van der Waals surface area (Å²) in [5.74, 6) is -0.826. The van der Waals surface area contributed by atoms with E-state index in [9.17, 15) is 19.0 Å². The lowest BCUT2D eigenvalue weighted by Gasteiger charge is -2.24. The van der Waals surface area contributed by atoms with Crippen molar-refractivity contribution < 1.29 is 42.1 Å². The van der Waals surface area contributed by atoms with Crippen molar-refractivity contribution in [1.29, 1.82) is 0 Å². The van der Waals surface area contributed by atoms with Gasteiger partial charge in [-0.1, -0.05) is 376 Å². The Hall–Kier alpha value is -4.89. The summed E-state index contributed by atoms with van der Waals surface area (Å²) in [7, 11) is 1.45. The van der Waals surface area contributed by atoms with E-state index in [2.05, 4.69) is 196 Å². The van der Waals surface area contributed by atoms with Crippen LogP contribution in [-0.4, -0.2) is 74.9 Å². The predicted octanol–water partition coefficient (Wildman–Crippen LogP) is 28.9. The molecule has 0 aliphatic rings. The summed E-state index contributed by atoms with van der Waals surface area (Å²) in [6, 6.07) is 0. The number of hydrogen-bond acceptors (Lipinski definition) is 7. The molecule has 1 N–H and O–H groups in total. The average molecular weight is 1460 g/mol. The number of nitrogens with zero attached hydrogens (tertiary/aromatic N) is 1. The molecule has 2 unspecified atom stereocenters. The molecule has 104 heavy (non-hydrogen) atoms. The fraction of sp³-hybridized carbons (Fsp3) is 0.660. The molecule has 0 saturated heterocycles. The van der Waals surface area contributed by atoms with Crippen LogP contribution in [0, 0.1) is 0 Å². The number of carbonyl (C=O) groups is 2. The maximum Gasteiger partial charge on any atom is 0.472 e. The molecule has 0 aliphatic heterocycles. The van der Waals surface area contributed by atoms with Gasteiger partial charge in [0.2, 0.25) is 0 Å². The molecule has 10 heteroatoms. The SMILES string of the molecule is CC/C=C\C/C=C\C/C=C\C/C=C\C/C=C\C/C=C\C/C=C\C/C=C\C/C=C\C/C=C\C/C=C\C/C=C\CCCCCCC(=O)OC(COC(=O)CCCCCCCCCCCCCCCCCCCCCCCCCC/C=C\C/C=C\C/C=C\CCCCCCC)COP(=O)(O)OCC[N+](C)(C)C. The van der Waals surface area contributed by atoms with E-state index in [1.807, 2.05) is 21.1 Å². The Labute approximate surface area is 641 Å². The Morgan fingerprint density at radius 3 is 0.817 bits per heavy atom. The van der Waals surface area contributed by atoms with Crippen LogP contribution in [-0.2, 0) is 32.7 Å². The summed E-state index contributed by atoms with van der Waals surface area (Å²) >= 11 is 0. The number of carbonyl (C=O) groups excluding carboxylic acids is 2. The molecule has 0 heterocycles. The van der Waals surface area contributed by atoms with Crippen LogP contribution in [0.25, 0.3) is 0 Å². The molecule has 0 aromatic heterocycles. The molecule has 0 aromatic carbocycles. The molecule has 0 rings (SSSR count). The van der Waals surface area contributed by atoms with Crippen molar-refractivity contribution in [3.63, 3.8) is 0 Å². The number of hydrogen-bond donors (Lipinski definition) is 1. The zero-order chi connectivity index (χ0) is 75.4.